The highest BCUT2D eigenvalue weighted by atomic mass is 32.2. The molecule has 0 bridgehead atoms. The van der Waals surface area contributed by atoms with Crippen molar-refractivity contribution in [3.8, 4) is 17.5 Å². The minimum Gasteiger partial charge on any atom is -0.324 e. The van der Waals surface area contributed by atoms with Crippen molar-refractivity contribution in [1.29, 1.82) is 5.26 Å². The maximum absolute atomic E-state index is 12.2. The Morgan fingerprint density at radius 1 is 1.15 bits per heavy atom. The van der Waals surface area contributed by atoms with E-state index in [2.05, 4.69) is 21.6 Å². The van der Waals surface area contributed by atoms with Gasteiger partial charge < -0.3 is 9.88 Å². The maximum atomic E-state index is 12.2. The van der Waals surface area contributed by atoms with Crippen LogP contribution in [0.25, 0.3) is 11.4 Å². The first-order valence-corrected chi connectivity index (χ1v) is 9.12. The number of carbonyl (C=O) groups excluding carboxylic acids is 1. The number of hydrogen-bond donors (Lipinski definition) is 1. The Morgan fingerprint density at radius 2 is 1.88 bits per heavy atom. The SMILES string of the molecule is CCn1c(SCC(=O)Nc2ccccc2C#N)nnc1-c1ccccc1. The van der Waals surface area contributed by atoms with Gasteiger partial charge in [-0.05, 0) is 19.1 Å². The number of aromatic nitrogens is 3. The summed E-state index contributed by atoms with van der Waals surface area (Å²) in [5.41, 5.74) is 1.94. The summed E-state index contributed by atoms with van der Waals surface area (Å²) in [7, 11) is 0. The second-order valence-electron chi connectivity index (χ2n) is 5.41. The van der Waals surface area contributed by atoms with Crippen LogP contribution in [0.2, 0.25) is 0 Å². The summed E-state index contributed by atoms with van der Waals surface area (Å²) in [4.78, 5) is 12.2. The minimum atomic E-state index is -0.190. The van der Waals surface area contributed by atoms with Crippen LogP contribution in [0, 0.1) is 11.3 Å². The molecule has 1 amide bonds. The van der Waals surface area contributed by atoms with Crippen LogP contribution in [0.4, 0.5) is 5.69 Å². The van der Waals surface area contributed by atoms with Gasteiger partial charge in [-0.25, -0.2) is 0 Å². The van der Waals surface area contributed by atoms with E-state index in [0.717, 1.165) is 11.4 Å². The highest BCUT2D eigenvalue weighted by Crippen LogP contribution is 2.24. The first-order chi connectivity index (χ1) is 12.7. The molecule has 7 heteroatoms. The first kappa shape index (κ1) is 17.7. The smallest absolute Gasteiger partial charge is 0.234 e. The van der Waals surface area contributed by atoms with Crippen molar-refractivity contribution in [2.24, 2.45) is 0 Å². The van der Waals surface area contributed by atoms with Crippen molar-refractivity contribution in [2.45, 2.75) is 18.6 Å². The fraction of sp³-hybridized carbons (Fsp3) is 0.158. The molecule has 0 fully saturated rings. The quantitative estimate of drug-likeness (QED) is 0.677. The number of anilines is 1. The Hall–Kier alpha value is -3.11. The molecule has 0 unspecified atom stereocenters. The Kier molecular flexibility index (Phi) is 5.66. The second-order valence-corrected chi connectivity index (χ2v) is 6.35. The molecule has 0 aliphatic rings. The van der Waals surface area contributed by atoms with Gasteiger partial charge in [0.2, 0.25) is 5.91 Å². The van der Waals surface area contributed by atoms with Gasteiger partial charge in [-0.15, -0.1) is 10.2 Å². The van der Waals surface area contributed by atoms with Gasteiger partial charge in [-0.3, -0.25) is 4.79 Å². The molecule has 1 aromatic heterocycles. The molecule has 3 rings (SSSR count). The van der Waals surface area contributed by atoms with Crippen molar-refractivity contribution in [2.75, 3.05) is 11.1 Å². The van der Waals surface area contributed by atoms with Gasteiger partial charge in [0.15, 0.2) is 11.0 Å². The fourth-order valence-corrected chi connectivity index (χ4v) is 3.29. The van der Waals surface area contributed by atoms with Crippen LogP contribution in [0.1, 0.15) is 12.5 Å². The highest BCUT2D eigenvalue weighted by molar-refractivity contribution is 7.99. The van der Waals surface area contributed by atoms with E-state index in [9.17, 15) is 4.79 Å². The molecule has 6 nitrogen and oxygen atoms in total. The molecule has 0 radical (unpaired) electrons. The van der Waals surface area contributed by atoms with E-state index >= 15 is 0 Å². The monoisotopic (exact) mass is 363 g/mol. The predicted molar refractivity (Wildman–Crippen MR) is 102 cm³/mol. The molecule has 0 saturated heterocycles. The third-order valence-corrected chi connectivity index (χ3v) is 4.69. The molecule has 26 heavy (non-hydrogen) atoms. The zero-order valence-corrected chi connectivity index (χ0v) is 15.0. The molecular formula is C19H17N5OS. The normalized spacial score (nSPS) is 10.3. The standard InChI is InChI=1S/C19H17N5OS/c1-2-24-18(14-8-4-3-5-9-14)22-23-19(24)26-13-17(25)21-16-11-7-6-10-15(16)12-20/h3-11H,2,13H2,1H3,(H,21,25). The first-order valence-electron chi connectivity index (χ1n) is 8.13. The van der Waals surface area contributed by atoms with E-state index in [4.69, 9.17) is 5.26 Å². The van der Waals surface area contributed by atoms with E-state index in [1.807, 2.05) is 41.8 Å². The zero-order valence-electron chi connectivity index (χ0n) is 14.2. The second kappa shape index (κ2) is 8.32. The summed E-state index contributed by atoms with van der Waals surface area (Å²) in [6.45, 7) is 2.72. The molecule has 1 heterocycles. The number of rotatable bonds is 6. The van der Waals surface area contributed by atoms with E-state index < -0.39 is 0 Å². The number of carbonyl (C=O) groups is 1. The summed E-state index contributed by atoms with van der Waals surface area (Å²) in [6, 6.07) is 18.8. The number of amides is 1. The van der Waals surface area contributed by atoms with Gasteiger partial charge in [-0.1, -0.05) is 54.2 Å². The molecule has 2 aromatic carbocycles. The van der Waals surface area contributed by atoms with Crippen molar-refractivity contribution in [3.05, 3.63) is 60.2 Å². The third-order valence-electron chi connectivity index (χ3n) is 3.72. The number of nitrogens with one attached hydrogen (secondary N) is 1. The lowest BCUT2D eigenvalue weighted by Crippen LogP contribution is -2.15. The van der Waals surface area contributed by atoms with Crippen molar-refractivity contribution >= 4 is 23.4 Å². The Bertz CT molecular complexity index is 946. The van der Waals surface area contributed by atoms with E-state index in [-0.39, 0.29) is 11.7 Å². The van der Waals surface area contributed by atoms with E-state index in [0.29, 0.717) is 23.0 Å². The molecule has 0 aliphatic carbocycles. The number of para-hydroxylation sites is 1. The Balaban J connectivity index is 1.69. The predicted octanol–water partition coefficient (Wildman–Crippen LogP) is 3.57. The van der Waals surface area contributed by atoms with Gasteiger partial charge >= 0.3 is 0 Å². The molecule has 130 valence electrons. The summed E-state index contributed by atoms with van der Waals surface area (Å²) in [6.07, 6.45) is 0. The topological polar surface area (TPSA) is 83.6 Å². The van der Waals surface area contributed by atoms with Crippen LogP contribution >= 0.6 is 11.8 Å². The van der Waals surface area contributed by atoms with Crippen molar-refractivity contribution in [3.63, 3.8) is 0 Å². The van der Waals surface area contributed by atoms with Crippen LogP contribution in [0.15, 0.2) is 59.8 Å². The number of hydrogen-bond acceptors (Lipinski definition) is 5. The number of nitrogens with zero attached hydrogens (tertiary/aromatic N) is 4. The third kappa shape index (κ3) is 3.92. The lowest BCUT2D eigenvalue weighted by molar-refractivity contribution is -0.113. The fourth-order valence-electron chi connectivity index (χ4n) is 2.49. The number of nitriles is 1. The highest BCUT2D eigenvalue weighted by Gasteiger charge is 2.15. The van der Waals surface area contributed by atoms with Gasteiger partial charge in [0.1, 0.15) is 6.07 Å². The number of benzene rings is 2. The minimum absolute atomic E-state index is 0.187. The van der Waals surface area contributed by atoms with Crippen LogP contribution in [-0.4, -0.2) is 26.4 Å². The average Bonchev–Trinajstić information content (AvgIpc) is 3.10. The van der Waals surface area contributed by atoms with Crippen LogP contribution in [0.5, 0.6) is 0 Å². The largest absolute Gasteiger partial charge is 0.324 e. The van der Waals surface area contributed by atoms with Gasteiger partial charge in [0.25, 0.3) is 0 Å². The molecular weight excluding hydrogens is 346 g/mol. The van der Waals surface area contributed by atoms with Crippen LogP contribution < -0.4 is 5.32 Å². The lowest BCUT2D eigenvalue weighted by Gasteiger charge is -2.08. The molecule has 0 saturated carbocycles. The molecule has 0 atom stereocenters. The zero-order chi connectivity index (χ0) is 18.4. The number of thioether (sulfide) groups is 1. The Morgan fingerprint density at radius 3 is 2.62 bits per heavy atom. The summed E-state index contributed by atoms with van der Waals surface area (Å²) in [5.74, 6) is 0.780. The summed E-state index contributed by atoms with van der Waals surface area (Å²) in [5, 5.41) is 21.0. The van der Waals surface area contributed by atoms with Crippen LogP contribution in [0.3, 0.4) is 0 Å². The van der Waals surface area contributed by atoms with E-state index in [1.165, 1.54) is 11.8 Å². The molecule has 3 aromatic rings. The van der Waals surface area contributed by atoms with E-state index in [1.54, 1.807) is 24.3 Å². The van der Waals surface area contributed by atoms with Gasteiger partial charge in [0, 0.05) is 12.1 Å². The Labute approximate surface area is 155 Å². The molecule has 0 spiro atoms. The lowest BCUT2D eigenvalue weighted by atomic mass is 10.2. The molecule has 1 N–H and O–H groups in total. The average molecular weight is 363 g/mol. The van der Waals surface area contributed by atoms with Crippen LogP contribution in [-0.2, 0) is 11.3 Å². The van der Waals surface area contributed by atoms with Gasteiger partial charge in [-0.2, -0.15) is 5.26 Å². The van der Waals surface area contributed by atoms with Crippen molar-refractivity contribution in [1.82, 2.24) is 14.8 Å². The summed E-state index contributed by atoms with van der Waals surface area (Å²) >= 11 is 1.32. The maximum Gasteiger partial charge on any atom is 0.234 e. The van der Waals surface area contributed by atoms with Crippen molar-refractivity contribution < 1.29 is 4.79 Å². The van der Waals surface area contributed by atoms with Gasteiger partial charge in [0.05, 0.1) is 17.0 Å². The summed E-state index contributed by atoms with van der Waals surface area (Å²) < 4.78 is 1.98. The molecule has 0 aliphatic heterocycles.